The minimum atomic E-state index is -0.0393. The summed E-state index contributed by atoms with van der Waals surface area (Å²) in [7, 11) is 4.16. The molecule has 6 heteroatoms. The number of aromatic nitrogens is 1. The molecule has 3 heterocycles. The van der Waals surface area contributed by atoms with Crippen molar-refractivity contribution < 1.29 is 4.42 Å². The first-order valence-corrected chi connectivity index (χ1v) is 11.0. The van der Waals surface area contributed by atoms with Gasteiger partial charge >= 0.3 is 0 Å². The Morgan fingerprint density at radius 1 is 1.14 bits per heavy atom. The summed E-state index contributed by atoms with van der Waals surface area (Å²) >= 11 is 3.56. The number of anilines is 1. The van der Waals surface area contributed by atoms with Crippen molar-refractivity contribution in [2.75, 3.05) is 19.0 Å². The fourth-order valence-corrected chi connectivity index (χ4v) is 6.42. The second kappa shape index (κ2) is 6.31. The molecule has 0 unspecified atom stereocenters. The van der Waals surface area contributed by atoms with Gasteiger partial charge in [0.25, 0.3) is 0 Å². The van der Waals surface area contributed by atoms with E-state index in [0.29, 0.717) is 17.0 Å². The van der Waals surface area contributed by atoms with Crippen LogP contribution in [0, 0.1) is 11.3 Å². The van der Waals surface area contributed by atoms with Gasteiger partial charge in [-0.3, -0.25) is 0 Å². The third-order valence-corrected chi connectivity index (χ3v) is 7.94. The Balaban J connectivity index is 1.59. The van der Waals surface area contributed by atoms with E-state index in [2.05, 4.69) is 56.0 Å². The van der Waals surface area contributed by atoms with E-state index in [1.54, 1.807) is 11.3 Å². The average Bonchev–Trinajstić information content (AvgIpc) is 3.43. The van der Waals surface area contributed by atoms with Crippen molar-refractivity contribution in [1.82, 2.24) is 4.98 Å². The maximum Gasteiger partial charge on any atom is 0.238 e. The highest BCUT2D eigenvalue weighted by Crippen LogP contribution is 2.57. The Morgan fingerprint density at radius 3 is 2.59 bits per heavy atom. The first-order chi connectivity index (χ1) is 13.9. The third kappa shape index (κ3) is 2.73. The molecular formula is C23H19N3OS2. The maximum absolute atomic E-state index is 9.72. The highest BCUT2D eigenvalue weighted by atomic mass is 32.1. The highest BCUT2D eigenvalue weighted by Gasteiger charge is 2.39. The fraction of sp³-hybridized carbons (Fsp3) is 0.217. The minimum Gasteiger partial charge on any atom is -0.435 e. The van der Waals surface area contributed by atoms with Crippen LogP contribution in [0.3, 0.4) is 0 Å². The SMILES string of the molecule is CN(C)c1cc2c(s1)-c1sc(/C=C(\C#N)c3nc4ccccc4o3)cc1C2(C)C. The van der Waals surface area contributed by atoms with E-state index in [1.165, 1.54) is 25.9 Å². The quantitative estimate of drug-likeness (QED) is 0.363. The Labute approximate surface area is 177 Å². The molecule has 29 heavy (non-hydrogen) atoms. The normalized spacial score (nSPS) is 14.7. The molecule has 0 saturated heterocycles. The number of fused-ring (bicyclic) bond motifs is 4. The van der Waals surface area contributed by atoms with Gasteiger partial charge in [-0.05, 0) is 41.5 Å². The first-order valence-electron chi connectivity index (χ1n) is 9.32. The van der Waals surface area contributed by atoms with Crippen molar-refractivity contribution in [2.45, 2.75) is 19.3 Å². The Hall–Kier alpha value is -2.88. The van der Waals surface area contributed by atoms with Gasteiger partial charge in [0.2, 0.25) is 5.89 Å². The number of benzene rings is 1. The molecule has 1 aliphatic carbocycles. The highest BCUT2D eigenvalue weighted by molar-refractivity contribution is 7.25. The third-order valence-electron chi connectivity index (χ3n) is 5.40. The van der Waals surface area contributed by atoms with Crippen LogP contribution in [0.2, 0.25) is 0 Å². The smallest absolute Gasteiger partial charge is 0.238 e. The average molecular weight is 418 g/mol. The van der Waals surface area contributed by atoms with E-state index in [-0.39, 0.29) is 5.41 Å². The van der Waals surface area contributed by atoms with Gasteiger partial charge in [-0.15, -0.1) is 22.7 Å². The van der Waals surface area contributed by atoms with E-state index in [1.807, 2.05) is 41.7 Å². The number of hydrogen-bond acceptors (Lipinski definition) is 6. The van der Waals surface area contributed by atoms with Gasteiger partial charge in [-0.2, -0.15) is 5.26 Å². The van der Waals surface area contributed by atoms with Gasteiger partial charge in [0.1, 0.15) is 17.2 Å². The predicted molar refractivity (Wildman–Crippen MR) is 122 cm³/mol. The van der Waals surface area contributed by atoms with Crippen LogP contribution >= 0.6 is 22.7 Å². The van der Waals surface area contributed by atoms with Gasteiger partial charge in [0.15, 0.2) is 5.58 Å². The van der Waals surface area contributed by atoms with E-state index in [4.69, 9.17) is 4.42 Å². The summed E-state index contributed by atoms with van der Waals surface area (Å²) < 4.78 is 5.80. The van der Waals surface area contributed by atoms with E-state index < -0.39 is 0 Å². The molecule has 5 rings (SSSR count). The summed E-state index contributed by atoms with van der Waals surface area (Å²) in [5.74, 6) is 0.369. The fourth-order valence-electron chi connectivity index (χ4n) is 3.76. The van der Waals surface area contributed by atoms with Crippen LogP contribution in [-0.2, 0) is 5.41 Å². The lowest BCUT2D eigenvalue weighted by atomic mass is 9.84. The maximum atomic E-state index is 9.72. The van der Waals surface area contributed by atoms with E-state index >= 15 is 0 Å². The second-order valence-corrected chi connectivity index (χ2v) is 10.0. The Morgan fingerprint density at radius 2 is 1.86 bits per heavy atom. The monoisotopic (exact) mass is 417 g/mol. The summed E-state index contributed by atoms with van der Waals surface area (Å²) in [5, 5.41) is 11.0. The predicted octanol–water partition coefficient (Wildman–Crippen LogP) is 6.39. The first kappa shape index (κ1) is 18.2. The second-order valence-electron chi connectivity index (χ2n) is 7.89. The zero-order chi connectivity index (χ0) is 20.3. The van der Waals surface area contributed by atoms with Crippen LogP contribution in [0.4, 0.5) is 5.00 Å². The molecule has 1 aromatic carbocycles. The van der Waals surface area contributed by atoms with Crippen molar-refractivity contribution >= 4 is 50.4 Å². The number of oxazole rings is 1. The van der Waals surface area contributed by atoms with Gasteiger partial charge in [0.05, 0.1) is 9.88 Å². The summed E-state index contributed by atoms with van der Waals surface area (Å²) in [5.41, 5.74) is 4.58. The summed E-state index contributed by atoms with van der Waals surface area (Å²) in [4.78, 5) is 10.3. The largest absolute Gasteiger partial charge is 0.435 e. The molecule has 0 fully saturated rings. The Kier molecular flexibility index (Phi) is 3.95. The number of allylic oxidation sites excluding steroid dienone is 1. The summed E-state index contributed by atoms with van der Waals surface area (Å²) in [6, 6.07) is 14.3. The molecule has 0 aliphatic heterocycles. The van der Waals surface area contributed by atoms with Crippen LogP contribution in [0.1, 0.15) is 35.7 Å². The molecule has 0 bridgehead atoms. The number of thiophene rings is 2. The van der Waals surface area contributed by atoms with Crippen molar-refractivity contribution in [3.8, 4) is 15.8 Å². The van der Waals surface area contributed by atoms with Crippen LogP contribution in [-0.4, -0.2) is 19.1 Å². The number of rotatable bonds is 3. The number of para-hydroxylation sites is 2. The number of hydrogen-bond donors (Lipinski definition) is 0. The van der Waals surface area contributed by atoms with Gasteiger partial charge in [0, 0.05) is 29.3 Å². The standard InChI is InChI=1S/C23H19N3OS2/c1-23(2)15-10-14(28-20(15)21-16(23)11-19(29-21)26(3)4)9-13(12-24)22-25-17-7-5-6-8-18(17)27-22/h5-11H,1-4H3/b13-9+. The van der Waals surface area contributed by atoms with Crippen LogP contribution < -0.4 is 4.90 Å². The molecule has 144 valence electrons. The van der Waals surface area contributed by atoms with Crippen LogP contribution in [0.15, 0.2) is 40.8 Å². The molecule has 4 aromatic rings. The molecule has 0 spiro atoms. The Bertz CT molecular complexity index is 1290. The van der Waals surface area contributed by atoms with Crippen molar-refractivity contribution in [3.05, 3.63) is 58.3 Å². The van der Waals surface area contributed by atoms with Crippen molar-refractivity contribution in [1.29, 1.82) is 5.26 Å². The molecule has 0 radical (unpaired) electrons. The van der Waals surface area contributed by atoms with Gasteiger partial charge in [-0.1, -0.05) is 26.0 Å². The molecule has 0 N–H and O–H groups in total. The zero-order valence-electron chi connectivity index (χ0n) is 16.6. The lowest BCUT2D eigenvalue weighted by Gasteiger charge is -2.19. The molecule has 4 nitrogen and oxygen atoms in total. The number of nitriles is 1. The molecular weight excluding hydrogens is 398 g/mol. The topological polar surface area (TPSA) is 53.1 Å². The molecule has 0 atom stereocenters. The van der Waals surface area contributed by atoms with Gasteiger partial charge < -0.3 is 9.32 Å². The molecule has 0 amide bonds. The minimum absolute atomic E-state index is 0.0393. The summed E-state index contributed by atoms with van der Waals surface area (Å²) in [6.45, 7) is 4.55. The van der Waals surface area contributed by atoms with Gasteiger partial charge in [-0.25, -0.2) is 4.98 Å². The zero-order valence-corrected chi connectivity index (χ0v) is 18.2. The van der Waals surface area contributed by atoms with E-state index in [0.717, 1.165) is 10.4 Å². The van der Waals surface area contributed by atoms with Crippen molar-refractivity contribution in [2.24, 2.45) is 0 Å². The number of nitrogens with zero attached hydrogens (tertiary/aromatic N) is 3. The lowest BCUT2D eigenvalue weighted by Crippen LogP contribution is -2.14. The molecule has 1 aliphatic rings. The van der Waals surface area contributed by atoms with Crippen LogP contribution in [0.25, 0.3) is 32.5 Å². The van der Waals surface area contributed by atoms with Crippen molar-refractivity contribution in [3.63, 3.8) is 0 Å². The molecule has 3 aromatic heterocycles. The van der Waals surface area contributed by atoms with E-state index in [9.17, 15) is 5.26 Å². The van der Waals surface area contributed by atoms with Crippen LogP contribution in [0.5, 0.6) is 0 Å². The summed E-state index contributed by atoms with van der Waals surface area (Å²) in [6.07, 6.45) is 1.89. The lowest BCUT2D eigenvalue weighted by molar-refractivity contribution is 0.586. The molecule has 0 saturated carbocycles.